The van der Waals surface area contributed by atoms with Gasteiger partial charge in [-0.1, -0.05) is 0 Å². The Morgan fingerprint density at radius 1 is 1.50 bits per heavy atom. The maximum atomic E-state index is 9.06. The Hall–Kier alpha value is -1.05. The zero-order valence-electron chi connectivity index (χ0n) is 8.86. The molecule has 0 unspecified atom stereocenters. The molecule has 16 heavy (non-hydrogen) atoms. The Kier molecular flexibility index (Phi) is 3.47. The monoisotopic (exact) mass is 280 g/mol. The molecule has 0 bridgehead atoms. The standard InChI is InChI=1S/C12H13BrN2O/c13-11-7-9(8-14)1-4-12(11)15(5-6-16)10-2-3-10/h1,4,7,10,16H,2-3,5-6H2. The Labute approximate surface area is 103 Å². The van der Waals surface area contributed by atoms with Gasteiger partial charge in [-0.15, -0.1) is 0 Å². The largest absolute Gasteiger partial charge is 0.395 e. The van der Waals surface area contributed by atoms with Crippen molar-refractivity contribution < 1.29 is 5.11 Å². The first-order chi connectivity index (χ1) is 7.76. The average Bonchev–Trinajstić information content (AvgIpc) is 3.10. The van der Waals surface area contributed by atoms with Crippen molar-refractivity contribution in [3.8, 4) is 6.07 Å². The van der Waals surface area contributed by atoms with Crippen LogP contribution in [0, 0.1) is 11.3 Å². The molecule has 3 nitrogen and oxygen atoms in total. The topological polar surface area (TPSA) is 47.3 Å². The number of aliphatic hydroxyl groups is 1. The molecule has 0 saturated heterocycles. The fraction of sp³-hybridized carbons (Fsp3) is 0.417. The fourth-order valence-electron chi connectivity index (χ4n) is 1.80. The Bertz CT molecular complexity index is 424. The van der Waals surface area contributed by atoms with Crippen LogP contribution in [-0.4, -0.2) is 24.3 Å². The van der Waals surface area contributed by atoms with Crippen molar-refractivity contribution in [3.05, 3.63) is 28.2 Å². The summed E-state index contributed by atoms with van der Waals surface area (Å²) in [6.45, 7) is 0.804. The van der Waals surface area contributed by atoms with Crippen molar-refractivity contribution in [3.63, 3.8) is 0 Å². The van der Waals surface area contributed by atoms with Gasteiger partial charge >= 0.3 is 0 Å². The molecule has 1 aromatic rings. The van der Waals surface area contributed by atoms with Crippen LogP contribution in [0.5, 0.6) is 0 Å². The zero-order valence-corrected chi connectivity index (χ0v) is 10.4. The lowest BCUT2D eigenvalue weighted by Crippen LogP contribution is -2.29. The molecule has 84 valence electrons. The van der Waals surface area contributed by atoms with E-state index < -0.39 is 0 Å². The van der Waals surface area contributed by atoms with Crippen molar-refractivity contribution in [1.29, 1.82) is 5.26 Å². The van der Waals surface area contributed by atoms with E-state index in [1.165, 1.54) is 12.8 Å². The highest BCUT2D eigenvalue weighted by molar-refractivity contribution is 9.10. The third kappa shape index (κ3) is 2.37. The van der Waals surface area contributed by atoms with E-state index in [1.807, 2.05) is 18.2 Å². The average molecular weight is 281 g/mol. The molecule has 4 heteroatoms. The molecule has 0 radical (unpaired) electrons. The van der Waals surface area contributed by atoms with Crippen LogP contribution in [0.2, 0.25) is 0 Å². The first-order valence-corrected chi connectivity index (χ1v) is 6.12. The number of anilines is 1. The number of hydrogen-bond donors (Lipinski definition) is 1. The summed E-state index contributed by atoms with van der Waals surface area (Å²) in [6.07, 6.45) is 2.37. The Morgan fingerprint density at radius 2 is 2.25 bits per heavy atom. The molecule has 0 aliphatic heterocycles. The minimum absolute atomic E-state index is 0.156. The number of halogens is 1. The predicted molar refractivity (Wildman–Crippen MR) is 66.3 cm³/mol. The minimum Gasteiger partial charge on any atom is -0.395 e. The molecule has 1 aromatic carbocycles. The molecule has 2 rings (SSSR count). The molecular weight excluding hydrogens is 268 g/mol. The van der Waals surface area contributed by atoms with E-state index in [9.17, 15) is 0 Å². The van der Waals surface area contributed by atoms with Gasteiger partial charge in [-0.2, -0.15) is 5.26 Å². The molecule has 1 aliphatic carbocycles. The second kappa shape index (κ2) is 4.86. The summed E-state index contributed by atoms with van der Waals surface area (Å²) in [7, 11) is 0. The van der Waals surface area contributed by atoms with Crippen molar-refractivity contribution in [1.82, 2.24) is 0 Å². The van der Waals surface area contributed by atoms with Crippen LogP contribution < -0.4 is 4.90 Å². The van der Waals surface area contributed by atoms with Crippen LogP contribution in [0.1, 0.15) is 18.4 Å². The number of hydrogen-bond acceptors (Lipinski definition) is 3. The van der Waals surface area contributed by atoms with Gasteiger partial charge in [0.25, 0.3) is 0 Å². The molecule has 0 spiro atoms. The number of rotatable bonds is 4. The van der Waals surface area contributed by atoms with Gasteiger partial charge in [0.2, 0.25) is 0 Å². The van der Waals surface area contributed by atoms with Gasteiger partial charge in [-0.25, -0.2) is 0 Å². The number of benzene rings is 1. The molecule has 0 amide bonds. The Morgan fingerprint density at radius 3 is 2.75 bits per heavy atom. The number of aliphatic hydroxyl groups excluding tert-OH is 1. The molecule has 0 aromatic heterocycles. The lowest BCUT2D eigenvalue weighted by molar-refractivity contribution is 0.301. The van der Waals surface area contributed by atoms with E-state index in [1.54, 1.807) is 0 Å². The van der Waals surface area contributed by atoms with Crippen LogP contribution in [-0.2, 0) is 0 Å². The predicted octanol–water partition coefficient (Wildman–Crippen LogP) is 2.28. The molecule has 0 heterocycles. The molecule has 1 fully saturated rings. The van der Waals surface area contributed by atoms with Gasteiger partial charge in [0.05, 0.1) is 23.9 Å². The quantitative estimate of drug-likeness (QED) is 0.921. The second-order valence-electron chi connectivity index (χ2n) is 3.93. The summed E-state index contributed by atoms with van der Waals surface area (Å²) >= 11 is 3.48. The van der Waals surface area contributed by atoms with Crippen LogP contribution in [0.25, 0.3) is 0 Å². The van der Waals surface area contributed by atoms with Crippen molar-refractivity contribution in [2.45, 2.75) is 18.9 Å². The first kappa shape index (κ1) is 11.4. The SMILES string of the molecule is N#Cc1ccc(N(CCO)C2CC2)c(Br)c1. The van der Waals surface area contributed by atoms with E-state index >= 15 is 0 Å². The van der Waals surface area contributed by atoms with Crippen molar-refractivity contribution >= 4 is 21.6 Å². The highest BCUT2D eigenvalue weighted by atomic mass is 79.9. The fourth-order valence-corrected chi connectivity index (χ4v) is 2.41. The van der Waals surface area contributed by atoms with Crippen molar-refractivity contribution in [2.24, 2.45) is 0 Å². The third-order valence-electron chi connectivity index (χ3n) is 2.71. The minimum atomic E-state index is 0.156. The normalized spacial score (nSPS) is 14.6. The summed E-state index contributed by atoms with van der Waals surface area (Å²) in [5.41, 5.74) is 1.71. The third-order valence-corrected chi connectivity index (χ3v) is 3.35. The van der Waals surface area contributed by atoms with Gasteiger partial charge in [0.15, 0.2) is 0 Å². The van der Waals surface area contributed by atoms with E-state index in [2.05, 4.69) is 26.9 Å². The summed E-state index contributed by atoms with van der Waals surface area (Å²) < 4.78 is 0.923. The lowest BCUT2D eigenvalue weighted by Gasteiger charge is -2.24. The molecule has 1 N–H and O–H groups in total. The molecule has 1 aliphatic rings. The second-order valence-corrected chi connectivity index (χ2v) is 4.78. The number of nitriles is 1. The smallest absolute Gasteiger partial charge is 0.0992 e. The van der Waals surface area contributed by atoms with Crippen molar-refractivity contribution in [2.75, 3.05) is 18.1 Å². The van der Waals surface area contributed by atoms with E-state index in [-0.39, 0.29) is 6.61 Å². The maximum absolute atomic E-state index is 9.06. The van der Waals surface area contributed by atoms with Crippen LogP contribution in [0.3, 0.4) is 0 Å². The molecule has 1 saturated carbocycles. The van der Waals surface area contributed by atoms with Crippen LogP contribution in [0.15, 0.2) is 22.7 Å². The van der Waals surface area contributed by atoms with Gasteiger partial charge < -0.3 is 10.0 Å². The van der Waals surface area contributed by atoms with Gasteiger partial charge in [0.1, 0.15) is 0 Å². The lowest BCUT2D eigenvalue weighted by atomic mass is 10.2. The highest BCUT2D eigenvalue weighted by Gasteiger charge is 2.29. The van der Waals surface area contributed by atoms with E-state index in [0.29, 0.717) is 18.2 Å². The molecular formula is C12H13BrN2O. The Balaban J connectivity index is 2.27. The van der Waals surface area contributed by atoms with Crippen LogP contribution >= 0.6 is 15.9 Å². The number of nitrogens with zero attached hydrogens (tertiary/aromatic N) is 2. The van der Waals surface area contributed by atoms with Gasteiger partial charge in [-0.3, -0.25) is 0 Å². The van der Waals surface area contributed by atoms with Gasteiger partial charge in [0, 0.05) is 17.1 Å². The zero-order chi connectivity index (χ0) is 11.5. The van der Waals surface area contributed by atoms with Crippen LogP contribution in [0.4, 0.5) is 5.69 Å². The maximum Gasteiger partial charge on any atom is 0.0992 e. The first-order valence-electron chi connectivity index (χ1n) is 5.33. The summed E-state index contributed by atoms with van der Waals surface area (Å²) in [5.74, 6) is 0. The van der Waals surface area contributed by atoms with Gasteiger partial charge in [-0.05, 0) is 47.0 Å². The summed E-state index contributed by atoms with van der Waals surface area (Å²) in [4.78, 5) is 2.20. The highest BCUT2D eigenvalue weighted by Crippen LogP contribution is 2.35. The van der Waals surface area contributed by atoms with E-state index in [4.69, 9.17) is 10.4 Å². The summed E-state index contributed by atoms with van der Waals surface area (Å²) in [5, 5.41) is 17.8. The summed E-state index contributed by atoms with van der Waals surface area (Å²) in [6, 6.07) is 8.24. The molecule has 0 atom stereocenters. The van der Waals surface area contributed by atoms with E-state index in [0.717, 1.165) is 10.2 Å².